The summed E-state index contributed by atoms with van der Waals surface area (Å²) in [5, 5.41) is 3.47. The molecule has 0 amide bonds. The summed E-state index contributed by atoms with van der Waals surface area (Å²) in [5.74, 6) is 1.50. The van der Waals surface area contributed by atoms with Crippen LogP contribution in [0.1, 0.15) is 0 Å². The van der Waals surface area contributed by atoms with E-state index in [4.69, 9.17) is 14.5 Å². The Kier molecular flexibility index (Phi) is 2.72. The summed E-state index contributed by atoms with van der Waals surface area (Å²) in [5.41, 5.74) is 1.02. The Bertz CT molecular complexity index is 975. The molecule has 0 N–H and O–H groups in total. The fourth-order valence-electron chi connectivity index (χ4n) is 2.63. The van der Waals surface area contributed by atoms with E-state index in [0.29, 0.717) is 0 Å². The number of thiophene rings is 1. The van der Waals surface area contributed by atoms with E-state index in [-0.39, 0.29) is 0 Å². The SMILES string of the molecule is COc1cc2sc3nc4ccccc4cc3c2cc1OC. The van der Waals surface area contributed by atoms with Gasteiger partial charge in [-0.25, -0.2) is 4.98 Å². The summed E-state index contributed by atoms with van der Waals surface area (Å²) in [7, 11) is 3.31. The topological polar surface area (TPSA) is 31.4 Å². The van der Waals surface area contributed by atoms with Crippen LogP contribution in [0.5, 0.6) is 11.5 Å². The van der Waals surface area contributed by atoms with Crippen LogP contribution >= 0.6 is 11.3 Å². The van der Waals surface area contributed by atoms with Gasteiger partial charge in [0.2, 0.25) is 0 Å². The zero-order valence-electron chi connectivity index (χ0n) is 11.7. The Labute approximate surface area is 125 Å². The van der Waals surface area contributed by atoms with Crippen molar-refractivity contribution < 1.29 is 9.47 Å². The molecule has 4 rings (SSSR count). The zero-order valence-corrected chi connectivity index (χ0v) is 12.5. The highest BCUT2D eigenvalue weighted by atomic mass is 32.1. The Hall–Kier alpha value is -2.33. The molecule has 4 aromatic rings. The number of para-hydroxylation sites is 1. The molecular weight excluding hydrogens is 282 g/mol. The van der Waals surface area contributed by atoms with Gasteiger partial charge in [-0.15, -0.1) is 11.3 Å². The van der Waals surface area contributed by atoms with Crippen molar-refractivity contribution in [2.45, 2.75) is 0 Å². The quantitative estimate of drug-likeness (QED) is 0.540. The second-order valence-corrected chi connectivity index (χ2v) is 5.87. The van der Waals surface area contributed by atoms with E-state index < -0.39 is 0 Å². The Morgan fingerprint density at radius 1 is 0.905 bits per heavy atom. The lowest BCUT2D eigenvalue weighted by Crippen LogP contribution is -1.89. The lowest BCUT2D eigenvalue weighted by atomic mass is 10.1. The van der Waals surface area contributed by atoms with Gasteiger partial charge in [-0.2, -0.15) is 0 Å². The van der Waals surface area contributed by atoms with Gasteiger partial charge in [0.1, 0.15) is 4.83 Å². The standard InChI is InChI=1S/C17H13NO2S/c1-19-14-8-11-12-7-10-5-3-4-6-13(10)18-17(12)21-16(11)9-15(14)20-2/h3-9H,1-2H3. The van der Waals surface area contributed by atoms with Crippen molar-refractivity contribution in [3.63, 3.8) is 0 Å². The first-order valence-electron chi connectivity index (χ1n) is 6.64. The minimum absolute atomic E-state index is 0.748. The number of pyridine rings is 1. The Morgan fingerprint density at radius 3 is 2.48 bits per heavy atom. The Morgan fingerprint density at radius 2 is 1.67 bits per heavy atom. The zero-order chi connectivity index (χ0) is 14.4. The molecule has 2 heterocycles. The minimum atomic E-state index is 0.748. The number of rotatable bonds is 2. The summed E-state index contributed by atoms with van der Waals surface area (Å²) in [6.45, 7) is 0. The number of benzene rings is 2. The van der Waals surface area contributed by atoms with Crippen LogP contribution in [0.2, 0.25) is 0 Å². The predicted octanol–water partition coefficient (Wildman–Crippen LogP) is 4.62. The van der Waals surface area contributed by atoms with Crippen molar-refractivity contribution in [1.82, 2.24) is 4.98 Å². The third-order valence-corrected chi connectivity index (χ3v) is 4.73. The molecule has 0 spiro atoms. The fourth-order valence-corrected chi connectivity index (χ4v) is 3.70. The third kappa shape index (κ3) is 1.83. The predicted molar refractivity (Wildman–Crippen MR) is 87.7 cm³/mol. The third-order valence-electron chi connectivity index (χ3n) is 3.67. The Balaban J connectivity index is 2.13. The summed E-state index contributed by atoms with van der Waals surface area (Å²) < 4.78 is 11.9. The average molecular weight is 295 g/mol. The number of nitrogens with zero attached hydrogens (tertiary/aromatic N) is 1. The van der Waals surface area contributed by atoms with Gasteiger partial charge in [-0.3, -0.25) is 0 Å². The molecule has 0 fully saturated rings. The second-order valence-electron chi connectivity index (χ2n) is 4.84. The molecule has 21 heavy (non-hydrogen) atoms. The largest absolute Gasteiger partial charge is 0.493 e. The lowest BCUT2D eigenvalue weighted by molar-refractivity contribution is 0.356. The molecule has 0 atom stereocenters. The fraction of sp³-hybridized carbons (Fsp3) is 0.118. The number of ether oxygens (including phenoxy) is 2. The summed E-state index contributed by atoms with van der Waals surface area (Å²) in [4.78, 5) is 5.80. The van der Waals surface area contributed by atoms with E-state index in [2.05, 4.69) is 12.1 Å². The van der Waals surface area contributed by atoms with Crippen LogP contribution < -0.4 is 9.47 Å². The first-order chi connectivity index (χ1) is 10.3. The normalized spacial score (nSPS) is 11.3. The molecule has 4 heteroatoms. The lowest BCUT2D eigenvalue weighted by Gasteiger charge is -2.07. The summed E-state index contributed by atoms with van der Waals surface area (Å²) >= 11 is 1.68. The van der Waals surface area contributed by atoms with Crippen LogP contribution in [0.25, 0.3) is 31.2 Å². The number of hydrogen-bond acceptors (Lipinski definition) is 4. The van der Waals surface area contributed by atoms with Gasteiger partial charge >= 0.3 is 0 Å². The first-order valence-corrected chi connectivity index (χ1v) is 7.46. The molecule has 0 unspecified atom stereocenters. The molecule has 2 aromatic heterocycles. The highest BCUT2D eigenvalue weighted by Crippen LogP contribution is 2.40. The van der Waals surface area contributed by atoms with E-state index in [0.717, 1.165) is 42.7 Å². The van der Waals surface area contributed by atoms with Crippen LogP contribution in [-0.2, 0) is 0 Å². The van der Waals surface area contributed by atoms with Gasteiger partial charge in [0.05, 0.1) is 19.7 Å². The van der Waals surface area contributed by atoms with E-state index in [1.165, 1.54) is 0 Å². The molecule has 3 nitrogen and oxygen atoms in total. The minimum Gasteiger partial charge on any atom is -0.493 e. The number of fused-ring (bicyclic) bond motifs is 4. The molecule has 0 bridgehead atoms. The monoisotopic (exact) mass is 295 g/mol. The molecule has 0 aliphatic rings. The van der Waals surface area contributed by atoms with Crippen LogP contribution in [0.4, 0.5) is 0 Å². The van der Waals surface area contributed by atoms with Gasteiger partial charge in [0.25, 0.3) is 0 Å². The van der Waals surface area contributed by atoms with Gasteiger partial charge in [0, 0.05) is 26.9 Å². The van der Waals surface area contributed by atoms with Gasteiger partial charge in [-0.1, -0.05) is 18.2 Å². The molecular formula is C17H13NO2S. The van der Waals surface area contributed by atoms with E-state index >= 15 is 0 Å². The van der Waals surface area contributed by atoms with Gasteiger partial charge in [0.15, 0.2) is 11.5 Å². The first kappa shape index (κ1) is 12.4. The van der Waals surface area contributed by atoms with Crippen molar-refractivity contribution in [1.29, 1.82) is 0 Å². The number of aromatic nitrogens is 1. The maximum absolute atomic E-state index is 5.41. The highest BCUT2D eigenvalue weighted by Gasteiger charge is 2.12. The molecule has 0 saturated heterocycles. The van der Waals surface area contributed by atoms with E-state index in [1.54, 1.807) is 25.6 Å². The van der Waals surface area contributed by atoms with Crippen LogP contribution in [0.15, 0.2) is 42.5 Å². The molecule has 0 saturated carbocycles. The van der Waals surface area contributed by atoms with Crippen LogP contribution in [0.3, 0.4) is 0 Å². The number of methoxy groups -OCH3 is 2. The molecule has 0 aliphatic heterocycles. The second kappa shape index (κ2) is 4.60. The van der Waals surface area contributed by atoms with Crippen molar-refractivity contribution in [2.75, 3.05) is 14.2 Å². The average Bonchev–Trinajstić information content (AvgIpc) is 2.87. The maximum Gasteiger partial charge on any atom is 0.162 e. The summed E-state index contributed by atoms with van der Waals surface area (Å²) in [6.07, 6.45) is 0. The van der Waals surface area contributed by atoms with Gasteiger partial charge in [-0.05, 0) is 18.2 Å². The van der Waals surface area contributed by atoms with Gasteiger partial charge < -0.3 is 9.47 Å². The van der Waals surface area contributed by atoms with E-state index in [9.17, 15) is 0 Å². The van der Waals surface area contributed by atoms with E-state index in [1.807, 2.05) is 30.3 Å². The van der Waals surface area contributed by atoms with Crippen LogP contribution in [-0.4, -0.2) is 19.2 Å². The highest BCUT2D eigenvalue weighted by molar-refractivity contribution is 7.25. The molecule has 104 valence electrons. The van der Waals surface area contributed by atoms with Crippen molar-refractivity contribution in [2.24, 2.45) is 0 Å². The van der Waals surface area contributed by atoms with Crippen molar-refractivity contribution in [3.05, 3.63) is 42.5 Å². The summed E-state index contributed by atoms with van der Waals surface area (Å²) in [6, 6.07) is 14.4. The van der Waals surface area contributed by atoms with Crippen LogP contribution in [0, 0.1) is 0 Å². The maximum atomic E-state index is 5.41. The van der Waals surface area contributed by atoms with Crippen molar-refractivity contribution >= 4 is 42.5 Å². The smallest absolute Gasteiger partial charge is 0.162 e. The van der Waals surface area contributed by atoms with Crippen molar-refractivity contribution in [3.8, 4) is 11.5 Å². The molecule has 0 aliphatic carbocycles. The molecule has 2 aromatic carbocycles. The molecule has 0 radical (unpaired) electrons. The number of hydrogen-bond donors (Lipinski definition) is 0.